The minimum atomic E-state index is 1.02. The highest BCUT2D eigenvalue weighted by molar-refractivity contribution is 5.52. The van der Waals surface area contributed by atoms with Crippen LogP contribution >= 0.6 is 0 Å². The first-order chi connectivity index (χ1) is 12.9. The van der Waals surface area contributed by atoms with Gasteiger partial charge in [-0.3, -0.25) is 0 Å². The van der Waals surface area contributed by atoms with Crippen molar-refractivity contribution in [2.75, 3.05) is 0 Å². The summed E-state index contributed by atoms with van der Waals surface area (Å²) < 4.78 is 4.79. The maximum absolute atomic E-state index is 2.44. The number of unbranched alkanes of at least 4 members (excludes halogenated alkanes) is 10. The van der Waals surface area contributed by atoms with Crippen LogP contribution in [0.2, 0.25) is 0 Å². The molecule has 0 atom stereocenters. The molecule has 0 N–H and O–H groups in total. The number of benzene rings is 1. The third-order valence-electron chi connectivity index (χ3n) is 5.35. The summed E-state index contributed by atoms with van der Waals surface area (Å²) in [6, 6.07) is 10.8. The third kappa shape index (κ3) is 6.97. The smallest absolute Gasteiger partial charge is 0.230 e. The van der Waals surface area contributed by atoms with Crippen molar-refractivity contribution >= 4 is 0 Å². The molecule has 0 unspecified atom stereocenters. The molecular formula is C24H39N2+. The van der Waals surface area contributed by atoms with Gasteiger partial charge in [0.15, 0.2) is 0 Å². The highest BCUT2D eigenvalue weighted by atomic mass is 15.1. The van der Waals surface area contributed by atoms with Crippen LogP contribution in [0.25, 0.3) is 11.4 Å². The average molecular weight is 356 g/mol. The Morgan fingerprint density at radius 2 is 1.31 bits per heavy atom. The maximum atomic E-state index is 2.44. The molecular weight excluding hydrogens is 316 g/mol. The Hall–Kier alpha value is -1.57. The lowest BCUT2D eigenvalue weighted by Crippen LogP contribution is -2.34. The Morgan fingerprint density at radius 3 is 1.88 bits per heavy atom. The van der Waals surface area contributed by atoms with Crippen LogP contribution in [0.5, 0.6) is 0 Å². The normalized spacial score (nSPS) is 11.2. The second kappa shape index (κ2) is 12.7. The number of imidazole rings is 1. The summed E-state index contributed by atoms with van der Waals surface area (Å²) >= 11 is 0. The zero-order valence-corrected chi connectivity index (χ0v) is 17.1. The summed E-state index contributed by atoms with van der Waals surface area (Å²) in [6.07, 6.45) is 19.9. The Balaban J connectivity index is 1.65. The zero-order chi connectivity index (χ0) is 18.5. The molecule has 26 heavy (non-hydrogen) atoms. The van der Waals surface area contributed by atoms with Crippen LogP contribution in [-0.2, 0) is 13.1 Å². The summed E-state index contributed by atoms with van der Waals surface area (Å²) in [5.41, 5.74) is 1.32. The molecule has 2 aromatic rings. The number of aromatic nitrogens is 2. The van der Waals surface area contributed by atoms with Crippen molar-refractivity contribution < 1.29 is 4.57 Å². The SMILES string of the molecule is CCCCCCCCCCCCC[n+]1ccn(CC)c1-c1ccccc1. The average Bonchev–Trinajstić information content (AvgIpc) is 3.09. The lowest BCUT2D eigenvalue weighted by atomic mass is 10.1. The summed E-state index contributed by atoms with van der Waals surface area (Å²) in [5.74, 6) is 1.35. The highest BCUT2D eigenvalue weighted by Gasteiger charge is 2.17. The van der Waals surface area contributed by atoms with Gasteiger partial charge in [0.1, 0.15) is 12.4 Å². The summed E-state index contributed by atoms with van der Waals surface area (Å²) in [6.45, 7) is 6.67. The Kier molecular flexibility index (Phi) is 10.2. The van der Waals surface area contributed by atoms with Crippen LogP contribution in [0.3, 0.4) is 0 Å². The van der Waals surface area contributed by atoms with Crippen molar-refractivity contribution in [3.63, 3.8) is 0 Å². The Labute approximate surface area is 161 Å². The molecule has 144 valence electrons. The standard InChI is InChI=1S/C24H39N2/c1-3-5-6-7-8-9-10-11-12-13-17-20-26-22-21-25(4-2)24(26)23-18-15-14-16-19-23/h14-16,18-19,21-22H,3-13,17,20H2,1-2H3/q+1. The minimum Gasteiger partial charge on any atom is -0.230 e. The van der Waals surface area contributed by atoms with Crippen molar-refractivity contribution in [3.8, 4) is 11.4 Å². The minimum absolute atomic E-state index is 1.02. The summed E-state index contributed by atoms with van der Waals surface area (Å²) in [7, 11) is 0. The predicted octanol–water partition coefficient (Wildman–Crippen LogP) is 6.77. The molecule has 0 saturated carbocycles. The number of hydrogen-bond acceptors (Lipinski definition) is 0. The lowest BCUT2D eigenvalue weighted by molar-refractivity contribution is -0.686. The number of aryl methyl sites for hydroxylation is 2. The molecule has 0 radical (unpaired) electrons. The van der Waals surface area contributed by atoms with E-state index in [0.717, 1.165) is 13.1 Å². The molecule has 0 fully saturated rings. The number of hydrogen-bond donors (Lipinski definition) is 0. The number of nitrogens with zero attached hydrogens (tertiary/aromatic N) is 2. The van der Waals surface area contributed by atoms with Crippen LogP contribution in [0.1, 0.15) is 84.5 Å². The van der Waals surface area contributed by atoms with Gasteiger partial charge in [-0.25, -0.2) is 9.13 Å². The quantitative estimate of drug-likeness (QED) is 0.261. The van der Waals surface area contributed by atoms with Gasteiger partial charge in [-0.2, -0.15) is 0 Å². The molecule has 1 aromatic heterocycles. The molecule has 0 spiro atoms. The van der Waals surface area contributed by atoms with Crippen molar-refractivity contribution in [1.29, 1.82) is 0 Å². The molecule has 0 aliphatic rings. The first-order valence-corrected chi connectivity index (χ1v) is 11.0. The van der Waals surface area contributed by atoms with E-state index in [2.05, 4.69) is 65.7 Å². The van der Waals surface area contributed by atoms with Crippen LogP contribution in [0.4, 0.5) is 0 Å². The van der Waals surface area contributed by atoms with E-state index in [9.17, 15) is 0 Å². The van der Waals surface area contributed by atoms with Gasteiger partial charge in [0.25, 0.3) is 5.82 Å². The van der Waals surface area contributed by atoms with Gasteiger partial charge in [0.05, 0.1) is 18.7 Å². The fourth-order valence-electron chi connectivity index (χ4n) is 3.77. The zero-order valence-electron chi connectivity index (χ0n) is 17.1. The molecule has 0 aliphatic heterocycles. The van der Waals surface area contributed by atoms with E-state index in [1.807, 2.05) is 0 Å². The van der Waals surface area contributed by atoms with E-state index in [1.165, 1.54) is 82.0 Å². The topological polar surface area (TPSA) is 8.81 Å². The van der Waals surface area contributed by atoms with Crippen LogP contribution < -0.4 is 4.57 Å². The van der Waals surface area contributed by atoms with Gasteiger partial charge in [0.2, 0.25) is 0 Å². The monoisotopic (exact) mass is 355 g/mol. The van der Waals surface area contributed by atoms with Gasteiger partial charge >= 0.3 is 0 Å². The summed E-state index contributed by atoms with van der Waals surface area (Å²) in [5, 5.41) is 0. The van der Waals surface area contributed by atoms with E-state index in [-0.39, 0.29) is 0 Å². The van der Waals surface area contributed by atoms with E-state index in [0.29, 0.717) is 0 Å². The molecule has 0 saturated heterocycles. The molecule has 1 heterocycles. The molecule has 2 rings (SSSR count). The molecule has 2 heteroatoms. The number of rotatable bonds is 14. The van der Waals surface area contributed by atoms with Crippen LogP contribution in [0, 0.1) is 0 Å². The van der Waals surface area contributed by atoms with Crippen LogP contribution in [0.15, 0.2) is 42.7 Å². The summed E-state index contributed by atoms with van der Waals surface area (Å²) in [4.78, 5) is 0. The third-order valence-corrected chi connectivity index (χ3v) is 5.35. The fraction of sp³-hybridized carbons (Fsp3) is 0.625. The Morgan fingerprint density at radius 1 is 0.731 bits per heavy atom. The molecule has 0 amide bonds. The van der Waals surface area contributed by atoms with Gasteiger partial charge < -0.3 is 0 Å². The van der Waals surface area contributed by atoms with Crippen molar-refractivity contribution in [2.24, 2.45) is 0 Å². The van der Waals surface area contributed by atoms with E-state index >= 15 is 0 Å². The van der Waals surface area contributed by atoms with E-state index in [1.54, 1.807) is 0 Å². The van der Waals surface area contributed by atoms with E-state index in [4.69, 9.17) is 0 Å². The second-order valence-electron chi connectivity index (χ2n) is 7.50. The molecule has 0 aliphatic carbocycles. The van der Waals surface area contributed by atoms with Crippen molar-refractivity contribution in [3.05, 3.63) is 42.7 Å². The second-order valence-corrected chi connectivity index (χ2v) is 7.50. The predicted molar refractivity (Wildman–Crippen MR) is 112 cm³/mol. The first-order valence-electron chi connectivity index (χ1n) is 11.0. The van der Waals surface area contributed by atoms with Gasteiger partial charge in [-0.05, 0) is 31.9 Å². The highest BCUT2D eigenvalue weighted by Crippen LogP contribution is 2.16. The first kappa shape index (κ1) is 20.7. The molecule has 1 aromatic carbocycles. The van der Waals surface area contributed by atoms with Crippen molar-refractivity contribution in [2.45, 2.75) is 97.6 Å². The van der Waals surface area contributed by atoms with Gasteiger partial charge in [-0.1, -0.05) is 82.9 Å². The van der Waals surface area contributed by atoms with Crippen molar-refractivity contribution in [1.82, 2.24) is 4.57 Å². The van der Waals surface area contributed by atoms with Crippen LogP contribution in [-0.4, -0.2) is 4.57 Å². The Bertz CT molecular complexity index is 586. The van der Waals surface area contributed by atoms with Gasteiger partial charge in [0, 0.05) is 0 Å². The largest absolute Gasteiger partial charge is 0.288 e. The van der Waals surface area contributed by atoms with Gasteiger partial charge in [-0.15, -0.1) is 0 Å². The molecule has 0 bridgehead atoms. The van der Waals surface area contributed by atoms with E-state index < -0.39 is 0 Å². The lowest BCUT2D eigenvalue weighted by Gasteiger charge is -2.05. The fourth-order valence-corrected chi connectivity index (χ4v) is 3.77. The maximum Gasteiger partial charge on any atom is 0.288 e. The molecule has 2 nitrogen and oxygen atoms in total.